The highest BCUT2D eigenvalue weighted by Crippen LogP contribution is 2.27. The first-order chi connectivity index (χ1) is 14.6. The maximum Gasteiger partial charge on any atom is 0.160 e. The van der Waals surface area contributed by atoms with Crippen LogP contribution in [0.5, 0.6) is 17.2 Å². The molecule has 3 rings (SSSR count). The minimum Gasteiger partial charge on any atom is -0.493 e. The van der Waals surface area contributed by atoms with Gasteiger partial charge >= 0.3 is 0 Å². The van der Waals surface area contributed by atoms with Crippen LogP contribution in [0.25, 0.3) is 0 Å². The molecule has 4 nitrogen and oxygen atoms in total. The van der Waals surface area contributed by atoms with E-state index in [-0.39, 0.29) is 12.4 Å². The third-order valence-corrected chi connectivity index (χ3v) is 5.08. The van der Waals surface area contributed by atoms with E-state index in [9.17, 15) is 4.39 Å². The van der Waals surface area contributed by atoms with Gasteiger partial charge in [-0.15, -0.1) is 0 Å². The van der Waals surface area contributed by atoms with Crippen LogP contribution in [-0.4, -0.2) is 20.8 Å². The lowest BCUT2D eigenvalue weighted by atomic mass is 10.1. The fraction of sp³-hybridized carbons (Fsp3) is 0.250. The van der Waals surface area contributed by atoms with Gasteiger partial charge in [-0.25, -0.2) is 4.39 Å². The van der Waals surface area contributed by atoms with Gasteiger partial charge in [-0.2, -0.15) is 0 Å². The maximum absolute atomic E-state index is 13.2. The van der Waals surface area contributed by atoms with Crippen molar-refractivity contribution in [2.24, 2.45) is 0 Å². The molecule has 0 heterocycles. The Morgan fingerprint density at radius 2 is 1.67 bits per heavy atom. The minimum absolute atomic E-state index is 0.280. The standard InChI is InChI=1S/C24H25ClFNO3/c1-28-23-10-7-17(13-24(23)29-2)11-12-27-15-18-5-3-4-6-22(18)30-16-19-8-9-20(26)14-21(19)25/h3-10,13-14,27H,11-12,15-16H2,1-2H3. The predicted octanol–water partition coefficient (Wildman–Crippen LogP) is 5.41. The van der Waals surface area contributed by atoms with Crippen LogP contribution in [-0.2, 0) is 19.6 Å². The van der Waals surface area contributed by atoms with Gasteiger partial charge in [0.1, 0.15) is 18.2 Å². The van der Waals surface area contributed by atoms with Gasteiger partial charge in [0.05, 0.1) is 19.2 Å². The Labute approximate surface area is 181 Å². The molecule has 6 heteroatoms. The highest BCUT2D eigenvalue weighted by Gasteiger charge is 2.07. The zero-order valence-corrected chi connectivity index (χ0v) is 17.8. The Balaban J connectivity index is 1.54. The largest absolute Gasteiger partial charge is 0.493 e. The van der Waals surface area contributed by atoms with Crippen molar-refractivity contribution in [2.45, 2.75) is 19.6 Å². The Hall–Kier alpha value is -2.76. The van der Waals surface area contributed by atoms with E-state index in [1.807, 2.05) is 42.5 Å². The summed E-state index contributed by atoms with van der Waals surface area (Å²) in [7, 11) is 3.26. The molecule has 0 aliphatic heterocycles. The highest BCUT2D eigenvalue weighted by molar-refractivity contribution is 6.31. The number of halogens is 2. The van der Waals surface area contributed by atoms with Crippen LogP contribution >= 0.6 is 11.6 Å². The summed E-state index contributed by atoms with van der Waals surface area (Å²) in [6, 6.07) is 18.1. The van der Waals surface area contributed by atoms with Gasteiger partial charge in [0, 0.05) is 17.7 Å². The van der Waals surface area contributed by atoms with Crippen molar-refractivity contribution in [3.8, 4) is 17.2 Å². The van der Waals surface area contributed by atoms with Crippen molar-refractivity contribution in [2.75, 3.05) is 20.8 Å². The average molecular weight is 430 g/mol. The molecule has 3 aromatic rings. The molecule has 30 heavy (non-hydrogen) atoms. The first kappa shape index (κ1) is 21.9. The molecule has 0 amide bonds. The van der Waals surface area contributed by atoms with E-state index < -0.39 is 0 Å². The average Bonchev–Trinajstić information content (AvgIpc) is 2.76. The molecule has 0 saturated heterocycles. The number of hydrogen-bond acceptors (Lipinski definition) is 4. The fourth-order valence-electron chi connectivity index (χ4n) is 3.08. The van der Waals surface area contributed by atoms with Crippen LogP contribution in [0.2, 0.25) is 5.02 Å². The second-order valence-corrected chi connectivity index (χ2v) is 7.16. The molecule has 0 unspecified atom stereocenters. The van der Waals surface area contributed by atoms with Crippen molar-refractivity contribution in [3.63, 3.8) is 0 Å². The third kappa shape index (κ3) is 5.88. The van der Waals surface area contributed by atoms with Crippen LogP contribution < -0.4 is 19.5 Å². The van der Waals surface area contributed by atoms with Crippen LogP contribution in [0, 0.1) is 5.82 Å². The van der Waals surface area contributed by atoms with Gasteiger partial charge in [0.2, 0.25) is 0 Å². The number of nitrogens with one attached hydrogen (secondary N) is 1. The van der Waals surface area contributed by atoms with Crippen LogP contribution in [0.15, 0.2) is 60.7 Å². The predicted molar refractivity (Wildman–Crippen MR) is 117 cm³/mol. The van der Waals surface area contributed by atoms with E-state index in [4.69, 9.17) is 25.8 Å². The smallest absolute Gasteiger partial charge is 0.160 e. The number of rotatable bonds is 10. The van der Waals surface area contributed by atoms with Gasteiger partial charge in [0.25, 0.3) is 0 Å². The summed E-state index contributed by atoms with van der Waals surface area (Å²) < 4.78 is 29.8. The number of ether oxygens (including phenoxy) is 3. The molecule has 0 aliphatic carbocycles. The minimum atomic E-state index is -0.358. The molecule has 0 atom stereocenters. The van der Waals surface area contributed by atoms with E-state index in [1.54, 1.807) is 20.3 Å². The van der Waals surface area contributed by atoms with Crippen LogP contribution in [0.4, 0.5) is 4.39 Å². The summed E-state index contributed by atoms with van der Waals surface area (Å²) in [6.45, 7) is 1.75. The number of methoxy groups -OCH3 is 2. The second-order valence-electron chi connectivity index (χ2n) is 6.75. The van der Waals surface area contributed by atoms with E-state index in [0.717, 1.165) is 46.9 Å². The molecule has 0 bridgehead atoms. The van der Waals surface area contributed by atoms with Gasteiger partial charge < -0.3 is 19.5 Å². The van der Waals surface area contributed by atoms with Crippen molar-refractivity contribution < 1.29 is 18.6 Å². The second kappa shape index (κ2) is 10.9. The summed E-state index contributed by atoms with van der Waals surface area (Å²) in [4.78, 5) is 0. The fourth-order valence-corrected chi connectivity index (χ4v) is 3.30. The third-order valence-electron chi connectivity index (χ3n) is 4.72. The quantitative estimate of drug-likeness (QED) is 0.437. The van der Waals surface area contributed by atoms with Gasteiger partial charge in [0.15, 0.2) is 11.5 Å². The van der Waals surface area contributed by atoms with E-state index in [2.05, 4.69) is 5.32 Å². The first-order valence-corrected chi connectivity index (χ1v) is 10.0. The number of para-hydroxylation sites is 1. The monoisotopic (exact) mass is 429 g/mol. The zero-order chi connectivity index (χ0) is 21.3. The number of hydrogen-bond donors (Lipinski definition) is 1. The maximum atomic E-state index is 13.2. The molecule has 158 valence electrons. The molecular formula is C24H25ClFNO3. The summed E-state index contributed by atoms with van der Waals surface area (Å²) in [5.74, 6) is 1.87. The molecular weight excluding hydrogens is 405 g/mol. The summed E-state index contributed by atoms with van der Waals surface area (Å²) >= 11 is 6.09. The molecule has 3 aromatic carbocycles. The molecule has 0 saturated carbocycles. The molecule has 0 aromatic heterocycles. The van der Waals surface area contributed by atoms with E-state index in [0.29, 0.717) is 11.6 Å². The molecule has 0 radical (unpaired) electrons. The van der Waals surface area contributed by atoms with Crippen LogP contribution in [0.1, 0.15) is 16.7 Å². The van der Waals surface area contributed by atoms with Crippen molar-refractivity contribution >= 4 is 11.6 Å². The Morgan fingerprint density at radius 3 is 2.43 bits per heavy atom. The summed E-state index contributed by atoms with van der Waals surface area (Å²) in [5, 5.41) is 3.81. The van der Waals surface area contributed by atoms with Crippen molar-refractivity contribution in [1.29, 1.82) is 0 Å². The Bertz CT molecular complexity index is 980. The molecule has 0 aliphatic rings. The van der Waals surface area contributed by atoms with Crippen molar-refractivity contribution in [1.82, 2.24) is 5.32 Å². The van der Waals surface area contributed by atoms with Gasteiger partial charge in [-0.1, -0.05) is 41.9 Å². The van der Waals surface area contributed by atoms with Crippen LogP contribution in [0.3, 0.4) is 0 Å². The molecule has 0 fully saturated rings. The lowest BCUT2D eigenvalue weighted by Crippen LogP contribution is -2.17. The Kier molecular flexibility index (Phi) is 7.94. The summed E-state index contributed by atoms with van der Waals surface area (Å²) in [5.41, 5.74) is 2.95. The topological polar surface area (TPSA) is 39.7 Å². The highest BCUT2D eigenvalue weighted by atomic mass is 35.5. The van der Waals surface area contributed by atoms with Gasteiger partial charge in [-0.3, -0.25) is 0 Å². The number of benzene rings is 3. The van der Waals surface area contributed by atoms with E-state index >= 15 is 0 Å². The normalized spacial score (nSPS) is 10.7. The summed E-state index contributed by atoms with van der Waals surface area (Å²) in [6.07, 6.45) is 0.856. The molecule has 1 N–H and O–H groups in total. The first-order valence-electron chi connectivity index (χ1n) is 9.67. The van der Waals surface area contributed by atoms with E-state index in [1.165, 1.54) is 12.1 Å². The lowest BCUT2D eigenvalue weighted by molar-refractivity contribution is 0.302. The zero-order valence-electron chi connectivity index (χ0n) is 17.1. The molecule has 0 spiro atoms. The Morgan fingerprint density at radius 1 is 0.867 bits per heavy atom. The lowest BCUT2D eigenvalue weighted by Gasteiger charge is -2.13. The van der Waals surface area contributed by atoms with Gasteiger partial charge in [-0.05, 0) is 48.9 Å². The van der Waals surface area contributed by atoms with Crippen molar-refractivity contribution in [3.05, 3.63) is 88.2 Å². The SMILES string of the molecule is COc1ccc(CCNCc2ccccc2OCc2ccc(F)cc2Cl)cc1OC.